The molecule has 3 aromatic rings. The zero-order valence-corrected chi connectivity index (χ0v) is 17.5. The van der Waals surface area contributed by atoms with Crippen molar-refractivity contribution < 1.29 is 27.9 Å². The van der Waals surface area contributed by atoms with Crippen molar-refractivity contribution in [3.05, 3.63) is 93.3 Å². The van der Waals surface area contributed by atoms with Crippen molar-refractivity contribution in [2.75, 3.05) is 16.8 Å². The number of fused-ring (bicyclic) bond motifs is 2. The minimum atomic E-state index is -1.19. The van der Waals surface area contributed by atoms with E-state index < -0.39 is 41.5 Å². The van der Waals surface area contributed by atoms with Crippen molar-refractivity contribution in [2.45, 2.75) is 12.1 Å². The minimum absolute atomic E-state index is 0.0328. The van der Waals surface area contributed by atoms with Crippen LogP contribution in [0.1, 0.15) is 39.2 Å². The summed E-state index contributed by atoms with van der Waals surface area (Å²) in [6, 6.07) is 8.57. The SMILES string of the molecule is O=C1N[C@H](c2cc(F)ccc2Cl)c2c(NC(=O)N3C[C@H](O)c4cc(F)c(F)cc43)cccc21. The molecule has 3 aromatic carbocycles. The van der Waals surface area contributed by atoms with E-state index in [1.807, 2.05) is 0 Å². The van der Waals surface area contributed by atoms with Gasteiger partial charge in [0.1, 0.15) is 5.82 Å². The molecule has 0 fully saturated rings. The smallest absolute Gasteiger partial charge is 0.326 e. The Hall–Kier alpha value is -3.56. The molecule has 2 atom stereocenters. The molecule has 10 heteroatoms. The van der Waals surface area contributed by atoms with Gasteiger partial charge < -0.3 is 15.7 Å². The average Bonchev–Trinajstić information content (AvgIpc) is 3.28. The first kappa shape index (κ1) is 21.3. The van der Waals surface area contributed by atoms with Gasteiger partial charge in [-0.3, -0.25) is 9.69 Å². The van der Waals surface area contributed by atoms with Crippen LogP contribution in [-0.2, 0) is 0 Å². The molecule has 6 nitrogen and oxygen atoms in total. The fraction of sp³-hybridized carbons (Fsp3) is 0.130. The summed E-state index contributed by atoms with van der Waals surface area (Å²) >= 11 is 6.24. The number of carbonyl (C=O) groups excluding carboxylic acids is 2. The highest BCUT2D eigenvalue weighted by molar-refractivity contribution is 6.31. The van der Waals surface area contributed by atoms with Gasteiger partial charge in [0, 0.05) is 39.0 Å². The van der Waals surface area contributed by atoms with Crippen molar-refractivity contribution in [1.82, 2.24) is 5.32 Å². The summed E-state index contributed by atoms with van der Waals surface area (Å²) in [5.74, 6) is -3.26. The second-order valence-electron chi connectivity index (χ2n) is 7.72. The largest absolute Gasteiger partial charge is 0.386 e. The van der Waals surface area contributed by atoms with E-state index in [2.05, 4.69) is 10.6 Å². The molecule has 2 aliphatic rings. The van der Waals surface area contributed by atoms with Gasteiger partial charge in [-0.25, -0.2) is 18.0 Å². The molecule has 0 radical (unpaired) electrons. The van der Waals surface area contributed by atoms with E-state index >= 15 is 0 Å². The first-order chi connectivity index (χ1) is 15.7. The highest BCUT2D eigenvalue weighted by atomic mass is 35.5. The first-order valence-electron chi connectivity index (χ1n) is 9.89. The molecule has 0 saturated carbocycles. The predicted molar refractivity (Wildman–Crippen MR) is 115 cm³/mol. The summed E-state index contributed by atoms with van der Waals surface area (Å²) in [5, 5.41) is 15.8. The lowest BCUT2D eigenvalue weighted by molar-refractivity contribution is 0.0960. The molecule has 3 amide bonds. The molecule has 168 valence electrons. The molecule has 3 N–H and O–H groups in total. The maximum atomic E-state index is 13.9. The van der Waals surface area contributed by atoms with E-state index in [-0.39, 0.29) is 34.1 Å². The van der Waals surface area contributed by atoms with Crippen LogP contribution in [0, 0.1) is 17.5 Å². The van der Waals surface area contributed by atoms with Crippen molar-refractivity contribution in [3.8, 4) is 0 Å². The molecule has 0 aliphatic carbocycles. The Morgan fingerprint density at radius 1 is 1.09 bits per heavy atom. The number of urea groups is 1. The fourth-order valence-corrected chi connectivity index (χ4v) is 4.46. The van der Waals surface area contributed by atoms with Crippen LogP contribution in [0.5, 0.6) is 0 Å². The molecule has 0 aromatic heterocycles. The van der Waals surface area contributed by atoms with Crippen LogP contribution in [0.4, 0.5) is 29.3 Å². The number of rotatable bonds is 2. The number of halogens is 4. The number of aliphatic hydroxyl groups is 1. The van der Waals surface area contributed by atoms with Gasteiger partial charge in [0.25, 0.3) is 5.91 Å². The quantitative estimate of drug-likeness (QED) is 0.505. The fourth-order valence-electron chi connectivity index (χ4n) is 4.23. The number of carbonyl (C=O) groups is 2. The summed E-state index contributed by atoms with van der Waals surface area (Å²) < 4.78 is 41.3. The number of benzene rings is 3. The van der Waals surface area contributed by atoms with Crippen molar-refractivity contribution in [2.24, 2.45) is 0 Å². The van der Waals surface area contributed by atoms with E-state index in [0.717, 1.165) is 17.0 Å². The topological polar surface area (TPSA) is 81.7 Å². The van der Waals surface area contributed by atoms with Crippen LogP contribution in [0.2, 0.25) is 5.02 Å². The molecule has 5 rings (SSSR count). The third-order valence-corrected chi connectivity index (χ3v) is 6.09. The summed E-state index contributed by atoms with van der Waals surface area (Å²) in [7, 11) is 0. The van der Waals surface area contributed by atoms with Crippen molar-refractivity contribution in [3.63, 3.8) is 0 Å². The van der Waals surface area contributed by atoms with Gasteiger partial charge in [-0.15, -0.1) is 0 Å². The Bertz CT molecular complexity index is 1330. The number of hydrogen-bond donors (Lipinski definition) is 3. The predicted octanol–water partition coefficient (Wildman–Crippen LogP) is 4.68. The molecule has 33 heavy (non-hydrogen) atoms. The van der Waals surface area contributed by atoms with Crippen molar-refractivity contribution in [1.29, 1.82) is 0 Å². The van der Waals surface area contributed by atoms with Crippen LogP contribution < -0.4 is 15.5 Å². The van der Waals surface area contributed by atoms with E-state index in [0.29, 0.717) is 11.1 Å². The molecular formula is C23H15ClF3N3O3. The van der Waals surface area contributed by atoms with Gasteiger partial charge in [-0.1, -0.05) is 17.7 Å². The number of aliphatic hydroxyl groups excluding tert-OH is 1. The van der Waals surface area contributed by atoms with E-state index in [9.17, 15) is 27.9 Å². The monoisotopic (exact) mass is 473 g/mol. The standard InChI is InChI=1S/C23H15ClF3N3O3/c24-14-5-4-10(25)6-12(14)21-20-11(22(32)29-21)2-1-3-17(20)28-23(33)30-9-19(31)13-7-15(26)16(27)8-18(13)30/h1-8,19,21,31H,9H2,(H,28,33)(H,29,32)/t19-,21+/m0/s1. The molecule has 2 aliphatic heterocycles. The lowest BCUT2D eigenvalue weighted by atomic mass is 9.96. The van der Waals surface area contributed by atoms with Crippen LogP contribution in [0.3, 0.4) is 0 Å². The third kappa shape index (κ3) is 3.49. The second kappa shape index (κ2) is 7.79. The number of hydrogen-bond acceptors (Lipinski definition) is 3. The zero-order valence-electron chi connectivity index (χ0n) is 16.7. The van der Waals surface area contributed by atoms with Gasteiger partial charge >= 0.3 is 6.03 Å². The van der Waals surface area contributed by atoms with Crippen LogP contribution >= 0.6 is 11.6 Å². The summed E-state index contributed by atoms with van der Waals surface area (Å²) in [6.07, 6.45) is -1.19. The van der Waals surface area contributed by atoms with Crippen LogP contribution in [-0.4, -0.2) is 23.6 Å². The lowest BCUT2D eigenvalue weighted by Crippen LogP contribution is -2.34. The Kier molecular flexibility index (Phi) is 5.02. The maximum absolute atomic E-state index is 13.9. The lowest BCUT2D eigenvalue weighted by Gasteiger charge is -2.21. The highest BCUT2D eigenvalue weighted by Crippen LogP contribution is 2.40. The Labute approximate surface area is 190 Å². The van der Waals surface area contributed by atoms with Gasteiger partial charge in [-0.2, -0.15) is 0 Å². The van der Waals surface area contributed by atoms with E-state index in [1.165, 1.54) is 18.2 Å². The van der Waals surface area contributed by atoms with Crippen LogP contribution in [0.25, 0.3) is 0 Å². The average molecular weight is 474 g/mol. The third-order valence-electron chi connectivity index (χ3n) is 5.75. The summed E-state index contributed by atoms with van der Waals surface area (Å²) in [6.45, 7) is -0.213. The molecule has 0 unspecified atom stereocenters. The minimum Gasteiger partial charge on any atom is -0.386 e. The zero-order chi connectivity index (χ0) is 23.4. The van der Waals surface area contributed by atoms with Gasteiger partial charge in [0.2, 0.25) is 0 Å². The number of nitrogens with zero attached hydrogens (tertiary/aromatic N) is 1. The second-order valence-corrected chi connectivity index (χ2v) is 8.13. The Balaban J connectivity index is 1.52. The summed E-state index contributed by atoms with van der Waals surface area (Å²) in [5.41, 5.74) is 1.33. The molecule has 0 bridgehead atoms. The Morgan fingerprint density at radius 2 is 1.85 bits per heavy atom. The highest BCUT2D eigenvalue weighted by Gasteiger charge is 2.36. The number of nitrogens with one attached hydrogen (secondary N) is 2. The van der Waals surface area contributed by atoms with Gasteiger partial charge in [0.15, 0.2) is 11.6 Å². The van der Waals surface area contributed by atoms with E-state index in [4.69, 9.17) is 11.6 Å². The summed E-state index contributed by atoms with van der Waals surface area (Å²) in [4.78, 5) is 26.7. The molecular weight excluding hydrogens is 459 g/mol. The van der Waals surface area contributed by atoms with Gasteiger partial charge in [0.05, 0.1) is 24.4 Å². The molecule has 0 spiro atoms. The van der Waals surface area contributed by atoms with Crippen LogP contribution in [0.15, 0.2) is 48.5 Å². The van der Waals surface area contributed by atoms with Gasteiger partial charge in [-0.05, 0) is 36.4 Å². The maximum Gasteiger partial charge on any atom is 0.326 e. The molecule has 2 heterocycles. The number of anilines is 2. The number of β-amino-alcohol motifs (C(OH)–C–C–N with tert-alkyl or cyclic N) is 1. The number of amides is 3. The molecule has 0 saturated heterocycles. The normalized spacial score (nSPS) is 18.7. The first-order valence-corrected chi connectivity index (χ1v) is 10.3. The Morgan fingerprint density at radius 3 is 2.64 bits per heavy atom. The van der Waals surface area contributed by atoms with Crippen molar-refractivity contribution >= 4 is 34.9 Å². The van der Waals surface area contributed by atoms with E-state index in [1.54, 1.807) is 18.2 Å².